The van der Waals surface area contributed by atoms with Gasteiger partial charge in [-0.25, -0.2) is 0 Å². The number of nitrogens with zero attached hydrogens (tertiary/aromatic N) is 1. The predicted molar refractivity (Wildman–Crippen MR) is 67.3 cm³/mol. The first-order chi connectivity index (χ1) is 7.90. The summed E-state index contributed by atoms with van der Waals surface area (Å²) in [6.45, 7) is 0.247. The maximum Gasteiger partial charge on any atom is 0.0650 e. The number of hydrogen-bond donors (Lipinski definition) is 2. The van der Waals surface area contributed by atoms with Crippen LogP contribution in [0, 0.1) is 0 Å². The Morgan fingerprint density at radius 2 is 2.00 bits per heavy atom. The van der Waals surface area contributed by atoms with Gasteiger partial charge in [-0.1, -0.05) is 24.3 Å². The molecule has 2 rings (SSSR count). The van der Waals surface area contributed by atoms with E-state index in [-0.39, 0.29) is 6.61 Å². The third-order valence-corrected chi connectivity index (χ3v) is 3.28. The summed E-state index contributed by atoms with van der Waals surface area (Å²) < 4.78 is 0. The first-order valence-electron chi connectivity index (χ1n) is 5.17. The van der Waals surface area contributed by atoms with E-state index in [1.807, 2.05) is 6.07 Å². The van der Waals surface area contributed by atoms with E-state index < -0.39 is 0 Å². The minimum absolute atomic E-state index is 0.247. The molecule has 4 heteroatoms. The Balaban J connectivity index is 2.00. The summed E-state index contributed by atoms with van der Waals surface area (Å²) in [6, 6.07) is 10.3. The zero-order chi connectivity index (χ0) is 11.2. The fourth-order valence-corrected chi connectivity index (χ4v) is 2.15. The van der Waals surface area contributed by atoms with E-state index in [2.05, 4.69) is 34.5 Å². The summed E-state index contributed by atoms with van der Waals surface area (Å²) in [7, 11) is 0. The van der Waals surface area contributed by atoms with Crippen LogP contribution >= 0.6 is 11.8 Å². The van der Waals surface area contributed by atoms with E-state index >= 15 is 0 Å². The van der Waals surface area contributed by atoms with E-state index in [0.29, 0.717) is 0 Å². The van der Waals surface area contributed by atoms with Crippen molar-refractivity contribution in [2.24, 2.45) is 0 Å². The lowest BCUT2D eigenvalue weighted by Crippen LogP contribution is -1.88. The molecule has 1 aromatic carbocycles. The number of aromatic nitrogens is 2. The lowest BCUT2D eigenvalue weighted by molar-refractivity contribution is 0.322. The Labute approximate surface area is 98.9 Å². The normalized spacial score (nSPS) is 10.6. The molecular weight excluding hydrogens is 220 g/mol. The first kappa shape index (κ1) is 11.2. The van der Waals surface area contributed by atoms with E-state index in [1.165, 1.54) is 5.56 Å². The molecule has 16 heavy (non-hydrogen) atoms. The van der Waals surface area contributed by atoms with Gasteiger partial charge in [0.1, 0.15) is 0 Å². The van der Waals surface area contributed by atoms with Gasteiger partial charge in [0.25, 0.3) is 0 Å². The van der Waals surface area contributed by atoms with Crippen LogP contribution in [0.15, 0.2) is 36.5 Å². The predicted octanol–water partition coefficient (Wildman–Crippen LogP) is 2.30. The topological polar surface area (TPSA) is 48.9 Å². The monoisotopic (exact) mass is 234 g/mol. The SMILES string of the molecule is OCCSCc1ccc(-c2ccn[nH]2)cc1. The van der Waals surface area contributed by atoms with Gasteiger partial charge in [0.05, 0.1) is 12.3 Å². The van der Waals surface area contributed by atoms with Crippen molar-refractivity contribution in [2.45, 2.75) is 5.75 Å². The molecule has 0 aliphatic rings. The van der Waals surface area contributed by atoms with Crippen LogP contribution in [0.2, 0.25) is 0 Å². The van der Waals surface area contributed by atoms with Crippen LogP contribution in [-0.4, -0.2) is 27.7 Å². The minimum Gasteiger partial charge on any atom is -0.396 e. The second-order valence-electron chi connectivity index (χ2n) is 3.44. The number of H-pyrrole nitrogens is 1. The summed E-state index contributed by atoms with van der Waals surface area (Å²) in [4.78, 5) is 0. The number of thioether (sulfide) groups is 1. The van der Waals surface area contributed by atoms with Crippen molar-refractivity contribution in [3.63, 3.8) is 0 Å². The van der Waals surface area contributed by atoms with Gasteiger partial charge in [-0.3, -0.25) is 5.10 Å². The van der Waals surface area contributed by atoms with E-state index in [1.54, 1.807) is 18.0 Å². The second kappa shape index (κ2) is 5.72. The smallest absolute Gasteiger partial charge is 0.0650 e. The van der Waals surface area contributed by atoms with Gasteiger partial charge < -0.3 is 5.11 Å². The standard InChI is InChI=1S/C12H14N2OS/c15-7-8-16-9-10-1-3-11(4-2-10)12-5-6-13-14-12/h1-6,15H,7-9H2,(H,13,14). The van der Waals surface area contributed by atoms with Crippen LogP contribution < -0.4 is 0 Å². The molecule has 0 spiro atoms. The maximum atomic E-state index is 8.68. The van der Waals surface area contributed by atoms with Crippen LogP contribution in [-0.2, 0) is 5.75 Å². The van der Waals surface area contributed by atoms with E-state index in [4.69, 9.17) is 5.11 Å². The Morgan fingerprint density at radius 3 is 2.62 bits per heavy atom. The number of aliphatic hydroxyl groups excluding tert-OH is 1. The number of nitrogens with one attached hydrogen (secondary N) is 1. The summed E-state index contributed by atoms with van der Waals surface area (Å²) in [5.41, 5.74) is 3.46. The molecule has 0 saturated heterocycles. The van der Waals surface area contributed by atoms with Crippen molar-refractivity contribution in [1.82, 2.24) is 10.2 Å². The van der Waals surface area contributed by atoms with Crippen molar-refractivity contribution >= 4 is 11.8 Å². The largest absolute Gasteiger partial charge is 0.396 e. The molecule has 0 aliphatic heterocycles. The molecule has 0 unspecified atom stereocenters. The molecule has 0 aliphatic carbocycles. The number of hydrogen-bond acceptors (Lipinski definition) is 3. The first-order valence-corrected chi connectivity index (χ1v) is 6.33. The fraction of sp³-hybridized carbons (Fsp3) is 0.250. The quantitative estimate of drug-likeness (QED) is 0.780. The number of benzene rings is 1. The van der Waals surface area contributed by atoms with Gasteiger partial charge >= 0.3 is 0 Å². The highest BCUT2D eigenvalue weighted by atomic mass is 32.2. The number of rotatable bonds is 5. The molecule has 2 N–H and O–H groups in total. The van der Waals surface area contributed by atoms with Gasteiger partial charge in [0, 0.05) is 17.7 Å². The minimum atomic E-state index is 0.247. The van der Waals surface area contributed by atoms with Crippen LogP contribution in [0.3, 0.4) is 0 Å². The number of aromatic amines is 1. The van der Waals surface area contributed by atoms with Gasteiger partial charge in [-0.15, -0.1) is 0 Å². The molecule has 84 valence electrons. The second-order valence-corrected chi connectivity index (χ2v) is 4.55. The van der Waals surface area contributed by atoms with Crippen molar-refractivity contribution in [3.8, 4) is 11.3 Å². The van der Waals surface area contributed by atoms with E-state index in [9.17, 15) is 0 Å². The Kier molecular flexibility index (Phi) is 4.02. The lowest BCUT2D eigenvalue weighted by atomic mass is 10.1. The third-order valence-electron chi connectivity index (χ3n) is 2.27. The lowest BCUT2D eigenvalue weighted by Gasteiger charge is -2.02. The van der Waals surface area contributed by atoms with Gasteiger partial charge in [0.2, 0.25) is 0 Å². The highest BCUT2D eigenvalue weighted by Gasteiger charge is 1.98. The highest BCUT2D eigenvalue weighted by Crippen LogP contribution is 2.18. The Bertz CT molecular complexity index is 411. The zero-order valence-corrected chi connectivity index (χ0v) is 9.70. The average Bonchev–Trinajstić information content (AvgIpc) is 2.84. The van der Waals surface area contributed by atoms with Gasteiger partial charge in [-0.2, -0.15) is 16.9 Å². The third kappa shape index (κ3) is 2.87. The molecule has 0 saturated carbocycles. The molecule has 0 bridgehead atoms. The highest BCUT2D eigenvalue weighted by molar-refractivity contribution is 7.98. The number of aliphatic hydroxyl groups is 1. The summed E-state index contributed by atoms with van der Waals surface area (Å²) in [5.74, 6) is 1.74. The zero-order valence-electron chi connectivity index (χ0n) is 8.89. The van der Waals surface area contributed by atoms with E-state index in [0.717, 1.165) is 22.8 Å². The molecule has 0 fully saturated rings. The van der Waals surface area contributed by atoms with Gasteiger partial charge in [0.15, 0.2) is 0 Å². The molecular formula is C12H14N2OS. The van der Waals surface area contributed by atoms with Crippen LogP contribution in [0.25, 0.3) is 11.3 Å². The summed E-state index contributed by atoms with van der Waals surface area (Å²) in [6.07, 6.45) is 1.75. The van der Waals surface area contributed by atoms with Crippen molar-refractivity contribution in [3.05, 3.63) is 42.1 Å². The van der Waals surface area contributed by atoms with Gasteiger partial charge in [-0.05, 0) is 17.2 Å². The Hall–Kier alpha value is -1.26. The summed E-state index contributed by atoms with van der Waals surface area (Å²) in [5, 5.41) is 15.5. The molecule has 2 aromatic rings. The van der Waals surface area contributed by atoms with Crippen LogP contribution in [0.1, 0.15) is 5.56 Å². The van der Waals surface area contributed by atoms with Crippen LogP contribution in [0.4, 0.5) is 0 Å². The molecule has 0 atom stereocenters. The Morgan fingerprint density at radius 1 is 1.19 bits per heavy atom. The van der Waals surface area contributed by atoms with Crippen LogP contribution in [0.5, 0.6) is 0 Å². The van der Waals surface area contributed by atoms with Crippen molar-refractivity contribution in [1.29, 1.82) is 0 Å². The average molecular weight is 234 g/mol. The molecule has 0 amide bonds. The fourth-order valence-electron chi connectivity index (χ4n) is 1.45. The van der Waals surface area contributed by atoms with Crippen molar-refractivity contribution in [2.75, 3.05) is 12.4 Å². The maximum absolute atomic E-state index is 8.68. The molecule has 1 heterocycles. The molecule has 0 radical (unpaired) electrons. The van der Waals surface area contributed by atoms with Crippen molar-refractivity contribution < 1.29 is 5.11 Å². The molecule has 1 aromatic heterocycles. The molecule has 3 nitrogen and oxygen atoms in total. The summed E-state index contributed by atoms with van der Waals surface area (Å²) >= 11 is 1.74.